The predicted octanol–water partition coefficient (Wildman–Crippen LogP) is 5.55. The Balaban J connectivity index is 0.000000451. The lowest BCUT2D eigenvalue weighted by Gasteiger charge is -2.29. The molecule has 226 valence electrons. The largest absolute Gasteiger partial charge is 0.490 e. The van der Waals surface area contributed by atoms with Gasteiger partial charge in [0.2, 0.25) is 0 Å². The molecule has 0 bridgehead atoms. The van der Waals surface area contributed by atoms with Gasteiger partial charge < -0.3 is 15.2 Å². The van der Waals surface area contributed by atoms with E-state index < -0.39 is 22.2 Å². The number of aromatic nitrogens is 2. The van der Waals surface area contributed by atoms with E-state index in [4.69, 9.17) is 9.90 Å². The zero-order valence-electron chi connectivity index (χ0n) is 22.2. The van der Waals surface area contributed by atoms with E-state index in [1.54, 1.807) is 33.2 Å². The lowest BCUT2D eigenvalue weighted by molar-refractivity contribution is -0.192. The number of hydrogen-bond donors (Lipinski definition) is 3. The van der Waals surface area contributed by atoms with Crippen LogP contribution in [0, 0.1) is 5.92 Å². The number of nitrogens with zero attached hydrogens (tertiary/aromatic N) is 3. The average Bonchev–Trinajstić information content (AvgIpc) is 3.30. The second-order valence-corrected chi connectivity index (χ2v) is 14.5. The second-order valence-electron chi connectivity index (χ2n) is 10.3. The Morgan fingerprint density at radius 1 is 1.19 bits per heavy atom. The van der Waals surface area contributed by atoms with Crippen molar-refractivity contribution in [1.29, 1.82) is 0 Å². The summed E-state index contributed by atoms with van der Waals surface area (Å²) < 4.78 is 60.9. The molecule has 1 saturated heterocycles. The summed E-state index contributed by atoms with van der Waals surface area (Å²) in [4.78, 5) is 20.5. The highest BCUT2D eigenvalue weighted by Gasteiger charge is 2.38. The van der Waals surface area contributed by atoms with Crippen molar-refractivity contribution in [3.8, 4) is 10.7 Å². The topological polar surface area (TPSA) is 127 Å². The number of anilines is 1. The van der Waals surface area contributed by atoms with Crippen LogP contribution in [-0.2, 0) is 21.4 Å². The van der Waals surface area contributed by atoms with Crippen molar-refractivity contribution in [3.63, 3.8) is 0 Å². The molecule has 1 unspecified atom stereocenters. The number of nitrogens with one attached hydrogen (secondary N) is 1. The number of carbonyl (C=O) groups is 1. The van der Waals surface area contributed by atoms with Crippen molar-refractivity contribution in [2.24, 2.45) is 5.92 Å². The number of rotatable bonds is 8. The zero-order valence-corrected chi connectivity index (χ0v) is 24.7. The number of carboxylic acid groups (broad SMARTS) is 1. The summed E-state index contributed by atoms with van der Waals surface area (Å²) in [5.74, 6) is -2.35. The number of likely N-dealkylation sites (tertiary alicyclic amines) is 1. The van der Waals surface area contributed by atoms with Gasteiger partial charge in [-0.3, -0.25) is 9.21 Å². The van der Waals surface area contributed by atoms with Crippen LogP contribution in [0.5, 0.6) is 0 Å². The summed E-state index contributed by atoms with van der Waals surface area (Å²) in [5, 5.41) is 20.7. The minimum atomic E-state index is -5.08. The molecule has 42 heavy (non-hydrogen) atoms. The number of aliphatic hydroxyl groups is 1. The van der Waals surface area contributed by atoms with E-state index in [2.05, 4.69) is 20.9 Å². The number of piperidine rings is 1. The van der Waals surface area contributed by atoms with Gasteiger partial charge in [0.15, 0.2) is 0 Å². The van der Waals surface area contributed by atoms with E-state index in [-0.39, 0.29) is 6.10 Å². The smallest absolute Gasteiger partial charge is 0.475 e. The third-order valence-electron chi connectivity index (χ3n) is 6.95. The van der Waals surface area contributed by atoms with Crippen LogP contribution in [0.15, 0.2) is 52.2 Å². The maximum Gasteiger partial charge on any atom is 0.490 e. The van der Waals surface area contributed by atoms with Crippen LogP contribution >= 0.6 is 22.7 Å². The molecule has 4 aromatic rings. The van der Waals surface area contributed by atoms with E-state index in [0.29, 0.717) is 28.9 Å². The highest BCUT2D eigenvalue weighted by molar-refractivity contribution is 7.94. The predicted molar refractivity (Wildman–Crippen MR) is 155 cm³/mol. The number of H-pyrrole nitrogens is 1. The first-order chi connectivity index (χ1) is 19.9. The summed E-state index contributed by atoms with van der Waals surface area (Å²) in [6, 6.07) is 11.3. The van der Waals surface area contributed by atoms with Gasteiger partial charge in [-0.2, -0.15) is 13.2 Å². The number of β-amino-alcohol motifs (C(OH)–C–C–N with tert-alkyl or cyclic N) is 1. The number of thiophene rings is 1. The van der Waals surface area contributed by atoms with Crippen LogP contribution in [-0.4, -0.2) is 71.4 Å². The van der Waals surface area contributed by atoms with Gasteiger partial charge in [0.25, 0.3) is 10.0 Å². The Morgan fingerprint density at radius 2 is 1.95 bits per heavy atom. The van der Waals surface area contributed by atoms with Crippen molar-refractivity contribution in [2.45, 2.75) is 48.7 Å². The van der Waals surface area contributed by atoms with Crippen molar-refractivity contribution < 1.29 is 36.6 Å². The number of para-hydroxylation sites is 1. The van der Waals surface area contributed by atoms with Crippen molar-refractivity contribution in [1.82, 2.24) is 14.9 Å². The van der Waals surface area contributed by atoms with Gasteiger partial charge in [0.1, 0.15) is 9.22 Å². The molecule has 0 spiro atoms. The molecule has 1 atom stereocenters. The maximum absolute atomic E-state index is 13.6. The molecular weight excluding hydrogens is 614 g/mol. The van der Waals surface area contributed by atoms with E-state index in [0.717, 1.165) is 65.3 Å². The van der Waals surface area contributed by atoms with Crippen LogP contribution in [0.2, 0.25) is 0 Å². The normalized spacial score (nSPS) is 18.0. The number of thiazole rings is 1. The molecule has 1 aromatic carbocycles. The summed E-state index contributed by atoms with van der Waals surface area (Å²) >= 11 is 2.90. The van der Waals surface area contributed by atoms with Crippen LogP contribution in [0.1, 0.15) is 30.6 Å². The average molecular weight is 643 g/mol. The lowest BCUT2D eigenvalue weighted by Crippen LogP contribution is -2.37. The number of fused-ring (bicyclic) bond motifs is 1. The summed E-state index contributed by atoms with van der Waals surface area (Å²) in [5.41, 5.74) is 2.40. The molecule has 3 aromatic heterocycles. The molecule has 1 aliphatic carbocycles. The van der Waals surface area contributed by atoms with Crippen molar-refractivity contribution in [3.05, 3.63) is 52.9 Å². The van der Waals surface area contributed by atoms with E-state index in [1.807, 2.05) is 24.4 Å². The maximum atomic E-state index is 13.6. The lowest BCUT2D eigenvalue weighted by atomic mass is 10.1. The highest BCUT2D eigenvalue weighted by Crippen LogP contribution is 2.39. The molecule has 0 radical (unpaired) electrons. The Hall–Kier alpha value is -2.98. The first kappa shape index (κ1) is 30.5. The van der Waals surface area contributed by atoms with E-state index >= 15 is 0 Å². The monoisotopic (exact) mass is 642 g/mol. The first-order valence-corrected chi connectivity index (χ1v) is 16.4. The number of alkyl halides is 3. The van der Waals surface area contributed by atoms with Gasteiger partial charge in [-0.15, -0.1) is 22.7 Å². The third kappa shape index (κ3) is 7.14. The van der Waals surface area contributed by atoms with Gasteiger partial charge in [-0.1, -0.05) is 18.2 Å². The van der Waals surface area contributed by atoms with E-state index in [9.17, 15) is 26.7 Å². The first-order valence-electron chi connectivity index (χ1n) is 13.3. The van der Waals surface area contributed by atoms with Gasteiger partial charge in [-0.05, 0) is 61.7 Å². The van der Waals surface area contributed by atoms with Crippen LogP contribution in [0.25, 0.3) is 21.6 Å². The fourth-order valence-electron chi connectivity index (χ4n) is 4.74. The summed E-state index contributed by atoms with van der Waals surface area (Å²) in [6.45, 7) is 2.99. The number of hydrogen-bond acceptors (Lipinski definition) is 8. The molecule has 1 aliphatic heterocycles. The zero-order chi connectivity index (χ0) is 30.1. The Labute approximate surface area is 248 Å². The molecular formula is C27H29F3N4O5S3. The van der Waals surface area contributed by atoms with Crippen LogP contribution in [0.4, 0.5) is 18.9 Å². The molecule has 4 heterocycles. The number of carboxylic acids is 1. The standard InChI is InChI=1S/C25H28N4O3S3.C2HF3O2/c30-19-5-2-10-28(15-19)16-20-13-26-25(34-20)21-12-18-4-1-6-22(24(18)27-21)29(14-17-8-9-17)35(31,32)23-7-3-11-33-23;3-2(4,5)1(6)7/h1,3-4,6-7,11-13,17,19,27,30H,2,5,8-10,14-16H2;(H,6,7). The SMILES string of the molecule is O=C(O)C(F)(F)F.O=S(=O)(c1cccs1)N(CC1CC1)c1cccc2cc(-c3ncc(CN4CCCC(O)C4)s3)[nH]c12. The van der Waals surface area contributed by atoms with Crippen molar-refractivity contribution >= 4 is 55.3 Å². The molecule has 2 aliphatic rings. The number of sulfonamides is 1. The van der Waals surface area contributed by atoms with Crippen LogP contribution in [0.3, 0.4) is 0 Å². The van der Waals surface area contributed by atoms with Gasteiger partial charge >= 0.3 is 12.1 Å². The molecule has 1 saturated carbocycles. The minimum Gasteiger partial charge on any atom is -0.475 e. The number of aliphatic carboxylic acids is 1. The molecule has 0 amide bonds. The fraction of sp³-hybridized carbons (Fsp3) is 0.407. The van der Waals surface area contributed by atoms with Crippen LogP contribution < -0.4 is 4.31 Å². The summed E-state index contributed by atoms with van der Waals surface area (Å²) in [6.07, 6.45) is 0.614. The van der Waals surface area contributed by atoms with Gasteiger partial charge in [0.05, 0.1) is 23.0 Å². The number of aromatic amines is 1. The van der Waals surface area contributed by atoms with Crippen molar-refractivity contribution in [2.75, 3.05) is 23.9 Å². The number of benzene rings is 1. The Kier molecular flexibility index (Phi) is 8.94. The molecule has 15 heteroatoms. The van der Waals surface area contributed by atoms with Gasteiger partial charge in [-0.25, -0.2) is 18.2 Å². The van der Waals surface area contributed by atoms with E-state index in [1.165, 1.54) is 11.3 Å². The molecule has 3 N–H and O–H groups in total. The second kappa shape index (κ2) is 12.3. The Bertz CT molecular complexity index is 1630. The minimum absolute atomic E-state index is 0.243. The molecule has 6 rings (SSSR count). The quantitative estimate of drug-likeness (QED) is 0.230. The Morgan fingerprint density at radius 3 is 2.60 bits per heavy atom. The molecule has 9 nitrogen and oxygen atoms in total. The third-order valence-corrected chi connectivity index (χ3v) is 11.1. The molecule has 2 fully saturated rings. The summed E-state index contributed by atoms with van der Waals surface area (Å²) in [7, 11) is -3.64. The number of halogens is 3. The fourth-order valence-corrected chi connectivity index (χ4v) is 8.33. The highest BCUT2D eigenvalue weighted by atomic mass is 32.2. The van der Waals surface area contributed by atoms with Gasteiger partial charge in [0, 0.05) is 36.1 Å². The number of aliphatic hydroxyl groups excluding tert-OH is 1.